The van der Waals surface area contributed by atoms with Crippen LogP contribution in [0.1, 0.15) is 26.2 Å². The topological polar surface area (TPSA) is 73.6 Å². The first kappa shape index (κ1) is 12.2. The summed E-state index contributed by atoms with van der Waals surface area (Å²) in [6, 6.07) is 2.27. The van der Waals surface area contributed by atoms with Gasteiger partial charge in [-0.1, -0.05) is 6.92 Å². The lowest BCUT2D eigenvalue weighted by molar-refractivity contribution is -0.0101. The van der Waals surface area contributed by atoms with Gasteiger partial charge in [-0.25, -0.2) is 4.79 Å². The molecule has 0 aromatic carbocycles. The summed E-state index contributed by atoms with van der Waals surface area (Å²) in [5.41, 5.74) is 0.0404. The molecule has 1 aliphatic carbocycles. The monoisotopic (exact) mass is 238 g/mol. The first-order valence-corrected chi connectivity index (χ1v) is 6.04. The van der Waals surface area contributed by atoms with Gasteiger partial charge in [0.2, 0.25) is 0 Å². The third-order valence-corrected chi connectivity index (χ3v) is 3.87. The maximum absolute atomic E-state index is 10.7. The second-order valence-corrected chi connectivity index (χ2v) is 5.32. The van der Waals surface area contributed by atoms with E-state index in [1.807, 2.05) is 0 Å². The van der Waals surface area contributed by atoms with Crippen LogP contribution in [0.2, 0.25) is 0 Å². The zero-order chi connectivity index (χ0) is 12.5. The Kier molecular flexibility index (Phi) is 3.25. The van der Waals surface area contributed by atoms with Gasteiger partial charge in [0.05, 0.1) is 24.7 Å². The van der Waals surface area contributed by atoms with Gasteiger partial charge < -0.3 is 14.7 Å². The Hall–Kier alpha value is -1.28. The number of hydrogen-bond acceptors (Lipinski definition) is 3. The summed E-state index contributed by atoms with van der Waals surface area (Å²) in [6.45, 7) is 3.81. The van der Waals surface area contributed by atoms with Crippen LogP contribution < -0.4 is 0 Å². The number of nitriles is 1. The maximum Gasteiger partial charge on any atom is 0.407 e. The van der Waals surface area contributed by atoms with Crippen LogP contribution in [-0.4, -0.2) is 41.9 Å². The molecule has 2 aliphatic rings. The maximum atomic E-state index is 10.7. The number of carboxylic acid groups (broad SMARTS) is 1. The van der Waals surface area contributed by atoms with E-state index in [1.165, 1.54) is 4.90 Å². The molecule has 5 heteroatoms. The molecule has 0 radical (unpaired) electrons. The van der Waals surface area contributed by atoms with Gasteiger partial charge in [-0.05, 0) is 19.3 Å². The van der Waals surface area contributed by atoms with Crippen molar-refractivity contribution in [2.75, 3.05) is 19.7 Å². The molecule has 1 N–H and O–H groups in total. The summed E-state index contributed by atoms with van der Waals surface area (Å²) >= 11 is 0. The quantitative estimate of drug-likeness (QED) is 0.812. The van der Waals surface area contributed by atoms with Crippen LogP contribution in [0, 0.1) is 22.7 Å². The van der Waals surface area contributed by atoms with Gasteiger partial charge in [0.1, 0.15) is 0 Å². The van der Waals surface area contributed by atoms with E-state index in [-0.39, 0.29) is 17.4 Å². The highest BCUT2D eigenvalue weighted by Crippen LogP contribution is 2.52. The number of nitrogens with zero attached hydrogens (tertiary/aromatic N) is 2. The number of rotatable bonds is 3. The van der Waals surface area contributed by atoms with Gasteiger partial charge in [0, 0.05) is 18.5 Å². The van der Waals surface area contributed by atoms with Crippen LogP contribution in [0.5, 0.6) is 0 Å². The average Bonchev–Trinajstić information content (AvgIpc) is 2.99. The molecule has 1 saturated carbocycles. The number of carbonyl (C=O) groups is 1. The number of ether oxygens (including phenoxy) is 1. The molecule has 94 valence electrons. The summed E-state index contributed by atoms with van der Waals surface area (Å²) in [4.78, 5) is 12.1. The van der Waals surface area contributed by atoms with Crippen molar-refractivity contribution in [3.05, 3.63) is 0 Å². The van der Waals surface area contributed by atoms with E-state index in [0.717, 1.165) is 19.3 Å². The first-order chi connectivity index (χ1) is 8.05. The lowest BCUT2D eigenvalue weighted by atomic mass is 10.1. The Morgan fingerprint density at radius 1 is 1.59 bits per heavy atom. The Morgan fingerprint density at radius 2 is 2.24 bits per heavy atom. The fourth-order valence-corrected chi connectivity index (χ4v) is 2.29. The van der Waals surface area contributed by atoms with E-state index in [1.54, 1.807) is 0 Å². The highest BCUT2D eigenvalue weighted by atomic mass is 16.5. The standard InChI is InChI=1S/C12H18N2O3/c1-12(6-9(12)7-13)8-17-10-2-4-14(5-3-10)11(15)16/h9-10H,2-6,8H2,1H3,(H,15,16). The fraction of sp³-hybridized carbons (Fsp3) is 0.833. The first-order valence-electron chi connectivity index (χ1n) is 6.04. The molecule has 1 saturated heterocycles. The molecule has 0 aromatic heterocycles. The lowest BCUT2D eigenvalue weighted by Crippen LogP contribution is -2.40. The Labute approximate surface area is 101 Å². The number of hydrogen-bond donors (Lipinski definition) is 1. The third-order valence-electron chi connectivity index (χ3n) is 3.87. The fourth-order valence-electron chi connectivity index (χ4n) is 2.29. The Bertz CT molecular complexity index is 344. The van der Waals surface area contributed by atoms with E-state index in [9.17, 15) is 4.79 Å². The van der Waals surface area contributed by atoms with Crippen molar-refractivity contribution in [3.8, 4) is 6.07 Å². The molecule has 5 nitrogen and oxygen atoms in total. The highest BCUT2D eigenvalue weighted by Gasteiger charge is 2.51. The average molecular weight is 238 g/mol. The molecule has 2 fully saturated rings. The molecule has 1 amide bonds. The van der Waals surface area contributed by atoms with E-state index >= 15 is 0 Å². The van der Waals surface area contributed by atoms with Crippen LogP contribution in [0.15, 0.2) is 0 Å². The summed E-state index contributed by atoms with van der Waals surface area (Å²) in [7, 11) is 0. The summed E-state index contributed by atoms with van der Waals surface area (Å²) < 4.78 is 5.80. The highest BCUT2D eigenvalue weighted by molar-refractivity contribution is 5.64. The van der Waals surface area contributed by atoms with Crippen molar-refractivity contribution in [2.24, 2.45) is 11.3 Å². The minimum atomic E-state index is -0.845. The summed E-state index contributed by atoms with van der Waals surface area (Å²) in [5.74, 6) is 0.140. The molecule has 0 spiro atoms. The van der Waals surface area contributed by atoms with Crippen LogP contribution in [0.4, 0.5) is 4.79 Å². The second-order valence-electron chi connectivity index (χ2n) is 5.32. The van der Waals surface area contributed by atoms with Gasteiger partial charge >= 0.3 is 6.09 Å². The van der Waals surface area contributed by atoms with Gasteiger partial charge in [-0.15, -0.1) is 0 Å². The molecule has 2 rings (SSSR count). The predicted octanol–water partition coefficient (Wildman–Crippen LogP) is 1.70. The largest absolute Gasteiger partial charge is 0.465 e. The molecular formula is C12H18N2O3. The van der Waals surface area contributed by atoms with Gasteiger partial charge in [-0.3, -0.25) is 0 Å². The molecule has 1 heterocycles. The van der Waals surface area contributed by atoms with Crippen molar-refractivity contribution >= 4 is 6.09 Å². The van der Waals surface area contributed by atoms with Crippen LogP contribution in [0.25, 0.3) is 0 Å². The minimum Gasteiger partial charge on any atom is -0.465 e. The summed E-state index contributed by atoms with van der Waals surface area (Å²) in [6.07, 6.45) is 1.76. The van der Waals surface area contributed by atoms with Crippen LogP contribution in [0.3, 0.4) is 0 Å². The van der Waals surface area contributed by atoms with E-state index in [0.29, 0.717) is 19.7 Å². The molecule has 0 bridgehead atoms. The summed E-state index contributed by atoms with van der Waals surface area (Å²) in [5, 5.41) is 17.6. The Morgan fingerprint density at radius 3 is 2.71 bits per heavy atom. The van der Waals surface area contributed by atoms with Crippen molar-refractivity contribution in [1.82, 2.24) is 4.90 Å². The normalized spacial score (nSPS) is 33.2. The smallest absolute Gasteiger partial charge is 0.407 e. The molecule has 17 heavy (non-hydrogen) atoms. The number of likely N-dealkylation sites (tertiary alicyclic amines) is 1. The van der Waals surface area contributed by atoms with Crippen molar-refractivity contribution in [3.63, 3.8) is 0 Å². The number of amides is 1. The zero-order valence-electron chi connectivity index (χ0n) is 10.1. The van der Waals surface area contributed by atoms with E-state index < -0.39 is 6.09 Å². The molecule has 1 aliphatic heterocycles. The van der Waals surface area contributed by atoms with Crippen LogP contribution in [-0.2, 0) is 4.74 Å². The van der Waals surface area contributed by atoms with Gasteiger partial charge in [0.25, 0.3) is 0 Å². The SMILES string of the molecule is CC1(COC2CCN(C(=O)O)CC2)CC1C#N. The Balaban J connectivity index is 1.69. The third kappa shape index (κ3) is 2.70. The van der Waals surface area contributed by atoms with Crippen molar-refractivity contribution in [2.45, 2.75) is 32.3 Å². The number of piperidine rings is 1. The predicted molar refractivity (Wildman–Crippen MR) is 60.4 cm³/mol. The van der Waals surface area contributed by atoms with Gasteiger partial charge in [-0.2, -0.15) is 5.26 Å². The molecular weight excluding hydrogens is 220 g/mol. The van der Waals surface area contributed by atoms with Crippen molar-refractivity contribution < 1.29 is 14.6 Å². The zero-order valence-corrected chi connectivity index (χ0v) is 10.1. The molecule has 0 aromatic rings. The second kappa shape index (κ2) is 4.53. The van der Waals surface area contributed by atoms with Crippen molar-refractivity contribution in [1.29, 1.82) is 5.26 Å². The molecule has 2 atom stereocenters. The van der Waals surface area contributed by atoms with E-state index in [2.05, 4.69) is 13.0 Å². The minimum absolute atomic E-state index is 0.0404. The lowest BCUT2D eigenvalue weighted by Gasteiger charge is -2.30. The van der Waals surface area contributed by atoms with Crippen LogP contribution >= 0.6 is 0 Å². The van der Waals surface area contributed by atoms with Gasteiger partial charge in [0.15, 0.2) is 0 Å². The molecule has 2 unspecified atom stereocenters. The van der Waals surface area contributed by atoms with E-state index in [4.69, 9.17) is 15.1 Å².